The van der Waals surface area contributed by atoms with Crippen molar-refractivity contribution in [1.29, 1.82) is 0 Å². The number of aromatic nitrogens is 3. The average Bonchev–Trinajstić information content (AvgIpc) is 2.75. The molecule has 0 aliphatic rings. The van der Waals surface area contributed by atoms with Crippen LogP contribution in [0.25, 0.3) is 22.2 Å². The first kappa shape index (κ1) is 12.4. The lowest BCUT2D eigenvalue weighted by Crippen LogP contribution is -1.97. The monoisotopic (exact) mass is 271 g/mol. The topological polar surface area (TPSA) is 82.8 Å². The van der Waals surface area contributed by atoms with E-state index in [-0.39, 0.29) is 5.69 Å². The van der Waals surface area contributed by atoms with Crippen molar-refractivity contribution in [3.05, 3.63) is 36.0 Å². The number of nitrogens with two attached hydrogens (primary N) is 2. The van der Waals surface area contributed by atoms with Crippen molar-refractivity contribution < 1.29 is 4.39 Å². The van der Waals surface area contributed by atoms with Gasteiger partial charge in [-0.1, -0.05) is 6.07 Å². The number of fused-ring (bicyclic) bond motifs is 1. The molecule has 0 bridgehead atoms. The second-order valence-electron chi connectivity index (χ2n) is 4.75. The first-order valence-electron chi connectivity index (χ1n) is 6.11. The molecule has 2 heterocycles. The fourth-order valence-corrected chi connectivity index (χ4v) is 2.44. The largest absolute Gasteiger partial charge is 0.396 e. The van der Waals surface area contributed by atoms with Gasteiger partial charge in [-0.15, -0.1) is 0 Å². The van der Waals surface area contributed by atoms with E-state index in [0.717, 1.165) is 16.5 Å². The molecule has 20 heavy (non-hydrogen) atoms. The van der Waals surface area contributed by atoms with Crippen LogP contribution in [0, 0.1) is 12.7 Å². The molecule has 4 N–H and O–H groups in total. The zero-order valence-corrected chi connectivity index (χ0v) is 11.2. The maximum Gasteiger partial charge on any atom is 0.149 e. The number of hydrogen-bond acceptors (Lipinski definition) is 4. The third kappa shape index (κ3) is 1.61. The number of aryl methyl sites for hydroxylation is 1. The van der Waals surface area contributed by atoms with Crippen molar-refractivity contribution in [2.45, 2.75) is 6.92 Å². The summed E-state index contributed by atoms with van der Waals surface area (Å²) in [6, 6.07) is 3.34. The van der Waals surface area contributed by atoms with E-state index in [1.54, 1.807) is 19.1 Å². The minimum absolute atomic E-state index is 0.135. The molecular weight excluding hydrogens is 257 g/mol. The van der Waals surface area contributed by atoms with Crippen molar-refractivity contribution in [3.8, 4) is 11.1 Å². The maximum absolute atomic E-state index is 14.0. The van der Waals surface area contributed by atoms with Gasteiger partial charge in [0.15, 0.2) is 0 Å². The predicted octanol–water partition coefficient (Wildman–Crippen LogP) is 2.25. The smallest absolute Gasteiger partial charge is 0.149 e. The molecule has 0 aliphatic heterocycles. The summed E-state index contributed by atoms with van der Waals surface area (Å²) in [5, 5.41) is 0.724. The number of nitrogen functional groups attached to an aromatic ring is 2. The van der Waals surface area contributed by atoms with Crippen molar-refractivity contribution >= 4 is 22.5 Å². The Hall–Kier alpha value is -2.63. The standard InChI is InChI=1S/C14H14FN5/c1-7-8(3-4-10(16)12(7)15)9-5-20(2)14-11(9)13(17)18-6-19-14/h3-6H,16H2,1-2H3,(H2,17,18,19). The Kier molecular flexibility index (Phi) is 2.60. The number of anilines is 2. The van der Waals surface area contributed by atoms with Gasteiger partial charge < -0.3 is 16.0 Å². The summed E-state index contributed by atoms with van der Waals surface area (Å²) in [4.78, 5) is 8.22. The zero-order chi connectivity index (χ0) is 14.4. The Labute approximate surface area is 115 Å². The van der Waals surface area contributed by atoms with Crippen LogP contribution >= 0.6 is 0 Å². The van der Waals surface area contributed by atoms with Crippen LogP contribution in [-0.4, -0.2) is 14.5 Å². The molecule has 0 spiro atoms. The van der Waals surface area contributed by atoms with Gasteiger partial charge in [0.25, 0.3) is 0 Å². The van der Waals surface area contributed by atoms with Gasteiger partial charge in [-0.25, -0.2) is 14.4 Å². The molecule has 0 saturated heterocycles. The van der Waals surface area contributed by atoms with E-state index in [4.69, 9.17) is 11.5 Å². The van der Waals surface area contributed by atoms with E-state index in [1.165, 1.54) is 6.33 Å². The van der Waals surface area contributed by atoms with E-state index >= 15 is 0 Å². The average molecular weight is 271 g/mol. The van der Waals surface area contributed by atoms with Crippen LogP contribution < -0.4 is 11.5 Å². The molecule has 0 unspecified atom stereocenters. The molecule has 102 valence electrons. The second-order valence-corrected chi connectivity index (χ2v) is 4.75. The lowest BCUT2D eigenvalue weighted by molar-refractivity contribution is 0.624. The summed E-state index contributed by atoms with van der Waals surface area (Å²) >= 11 is 0. The van der Waals surface area contributed by atoms with Gasteiger partial charge in [0, 0.05) is 18.8 Å². The van der Waals surface area contributed by atoms with Gasteiger partial charge in [0.2, 0.25) is 0 Å². The molecule has 0 amide bonds. The number of nitrogens with zero attached hydrogens (tertiary/aromatic N) is 3. The Bertz CT molecular complexity index is 822. The van der Waals surface area contributed by atoms with Crippen LogP contribution in [0.3, 0.4) is 0 Å². The van der Waals surface area contributed by atoms with E-state index < -0.39 is 5.82 Å². The number of benzene rings is 1. The van der Waals surface area contributed by atoms with Crippen LogP contribution in [0.1, 0.15) is 5.56 Å². The molecule has 0 radical (unpaired) electrons. The fourth-order valence-electron chi connectivity index (χ4n) is 2.44. The highest BCUT2D eigenvalue weighted by Gasteiger charge is 2.17. The van der Waals surface area contributed by atoms with Crippen molar-refractivity contribution in [2.24, 2.45) is 7.05 Å². The van der Waals surface area contributed by atoms with Crippen molar-refractivity contribution in [1.82, 2.24) is 14.5 Å². The van der Waals surface area contributed by atoms with Gasteiger partial charge in [-0.05, 0) is 24.1 Å². The van der Waals surface area contributed by atoms with E-state index in [9.17, 15) is 4.39 Å². The molecule has 2 aromatic heterocycles. The SMILES string of the molecule is Cc1c(-c2cn(C)c3ncnc(N)c23)ccc(N)c1F. The molecule has 5 nitrogen and oxygen atoms in total. The molecule has 1 aromatic carbocycles. The van der Waals surface area contributed by atoms with Gasteiger partial charge in [0.05, 0.1) is 11.1 Å². The van der Waals surface area contributed by atoms with Crippen LogP contribution in [0.15, 0.2) is 24.7 Å². The zero-order valence-electron chi connectivity index (χ0n) is 11.2. The highest BCUT2D eigenvalue weighted by atomic mass is 19.1. The predicted molar refractivity (Wildman–Crippen MR) is 77.5 cm³/mol. The Morgan fingerprint density at radius 3 is 2.65 bits per heavy atom. The molecular formula is C14H14FN5. The van der Waals surface area contributed by atoms with Gasteiger partial charge in [-0.2, -0.15) is 0 Å². The number of halogens is 1. The van der Waals surface area contributed by atoms with E-state index in [1.807, 2.05) is 17.8 Å². The minimum Gasteiger partial charge on any atom is -0.396 e. The quantitative estimate of drug-likeness (QED) is 0.665. The van der Waals surface area contributed by atoms with Gasteiger partial charge in [0.1, 0.15) is 23.6 Å². The van der Waals surface area contributed by atoms with Crippen molar-refractivity contribution in [3.63, 3.8) is 0 Å². The summed E-state index contributed by atoms with van der Waals surface area (Å²) in [5.74, 6) is -0.0304. The van der Waals surface area contributed by atoms with Gasteiger partial charge >= 0.3 is 0 Å². The number of rotatable bonds is 1. The maximum atomic E-state index is 14.0. The van der Waals surface area contributed by atoms with E-state index in [0.29, 0.717) is 17.0 Å². The highest BCUT2D eigenvalue weighted by molar-refractivity contribution is 6.01. The molecule has 0 atom stereocenters. The summed E-state index contributed by atoms with van der Waals surface area (Å²) < 4.78 is 15.8. The normalized spacial score (nSPS) is 11.2. The molecule has 0 fully saturated rings. The number of hydrogen-bond donors (Lipinski definition) is 2. The first-order valence-corrected chi connectivity index (χ1v) is 6.11. The summed E-state index contributed by atoms with van der Waals surface area (Å²) in [7, 11) is 1.86. The van der Waals surface area contributed by atoms with Gasteiger partial charge in [-0.3, -0.25) is 0 Å². The first-order chi connectivity index (χ1) is 9.50. The summed E-state index contributed by atoms with van der Waals surface area (Å²) in [5.41, 5.74) is 14.4. The highest BCUT2D eigenvalue weighted by Crippen LogP contribution is 2.35. The Balaban J connectivity index is 2.39. The summed E-state index contributed by atoms with van der Waals surface area (Å²) in [6.07, 6.45) is 3.28. The van der Waals surface area contributed by atoms with Crippen LogP contribution in [0.2, 0.25) is 0 Å². The fraction of sp³-hybridized carbons (Fsp3) is 0.143. The lowest BCUT2D eigenvalue weighted by Gasteiger charge is -2.08. The molecule has 3 aromatic rings. The Morgan fingerprint density at radius 2 is 1.90 bits per heavy atom. The van der Waals surface area contributed by atoms with Crippen LogP contribution in [0.4, 0.5) is 15.9 Å². The lowest BCUT2D eigenvalue weighted by atomic mass is 9.99. The third-order valence-electron chi connectivity index (χ3n) is 3.49. The minimum atomic E-state index is -0.407. The third-order valence-corrected chi connectivity index (χ3v) is 3.49. The summed E-state index contributed by atoms with van der Waals surface area (Å²) in [6.45, 7) is 1.69. The van der Waals surface area contributed by atoms with Crippen molar-refractivity contribution in [2.75, 3.05) is 11.5 Å². The molecule has 6 heteroatoms. The molecule has 0 aliphatic carbocycles. The van der Waals surface area contributed by atoms with Crippen LogP contribution in [0.5, 0.6) is 0 Å². The van der Waals surface area contributed by atoms with E-state index in [2.05, 4.69) is 9.97 Å². The Morgan fingerprint density at radius 1 is 1.15 bits per heavy atom. The molecule has 3 rings (SSSR count). The second kappa shape index (κ2) is 4.19. The van der Waals surface area contributed by atoms with Crippen LogP contribution in [-0.2, 0) is 7.05 Å². The molecule has 0 saturated carbocycles.